The van der Waals surface area contributed by atoms with Gasteiger partial charge in [0.25, 0.3) is 0 Å². The highest BCUT2D eigenvalue weighted by Crippen LogP contribution is 2.43. The first kappa shape index (κ1) is 13.8. The topological polar surface area (TPSA) is 43.4 Å². The van der Waals surface area contributed by atoms with Crippen LogP contribution in [0.2, 0.25) is 0 Å². The number of benzene rings is 1. The Morgan fingerprint density at radius 1 is 1.32 bits per heavy atom. The second-order valence-electron chi connectivity index (χ2n) is 5.59. The molecule has 1 aromatic carbocycles. The van der Waals surface area contributed by atoms with Crippen LogP contribution in [0.5, 0.6) is 0 Å². The molecule has 0 radical (unpaired) electrons. The molecule has 0 amide bonds. The zero-order valence-corrected chi connectivity index (χ0v) is 11.5. The predicted molar refractivity (Wildman–Crippen MR) is 72.4 cm³/mol. The van der Waals surface area contributed by atoms with Gasteiger partial charge in [-0.1, -0.05) is 44.2 Å². The third-order valence-electron chi connectivity index (χ3n) is 4.09. The second kappa shape index (κ2) is 5.55. The summed E-state index contributed by atoms with van der Waals surface area (Å²) in [5, 5.41) is 0. The largest absolute Gasteiger partial charge is 0.460 e. The summed E-state index contributed by atoms with van der Waals surface area (Å²) in [6.45, 7) is 4.26. The summed E-state index contributed by atoms with van der Waals surface area (Å²) in [6, 6.07) is 9.61. The summed E-state index contributed by atoms with van der Waals surface area (Å²) in [5.74, 6) is 0.0739. The summed E-state index contributed by atoms with van der Waals surface area (Å²) < 4.78 is 5.43. The molecule has 3 nitrogen and oxygen atoms in total. The second-order valence-corrected chi connectivity index (χ2v) is 5.59. The van der Waals surface area contributed by atoms with Gasteiger partial charge in [0.1, 0.15) is 12.4 Å². The maximum atomic E-state index is 12.4. The van der Waals surface area contributed by atoms with Crippen molar-refractivity contribution < 1.29 is 14.3 Å². The zero-order chi connectivity index (χ0) is 13.9. The fraction of sp³-hybridized carbons (Fsp3) is 0.500. The van der Waals surface area contributed by atoms with Gasteiger partial charge >= 0.3 is 5.97 Å². The van der Waals surface area contributed by atoms with Gasteiger partial charge in [0.05, 0.1) is 5.41 Å². The van der Waals surface area contributed by atoms with E-state index in [4.69, 9.17) is 4.74 Å². The zero-order valence-electron chi connectivity index (χ0n) is 11.5. The normalized spacial score (nSPS) is 22.8. The Kier molecular flexibility index (Phi) is 4.03. The quantitative estimate of drug-likeness (QED) is 0.781. The molecule has 0 spiro atoms. The molecule has 1 fully saturated rings. The Labute approximate surface area is 114 Å². The van der Waals surface area contributed by atoms with Crippen LogP contribution in [0.15, 0.2) is 30.3 Å². The molecule has 1 saturated carbocycles. The predicted octanol–water partition coefficient (Wildman–Crippen LogP) is 3.13. The molecule has 2 rings (SSSR count). The van der Waals surface area contributed by atoms with E-state index in [1.54, 1.807) is 0 Å². The van der Waals surface area contributed by atoms with Crippen LogP contribution in [-0.2, 0) is 20.9 Å². The van der Waals surface area contributed by atoms with E-state index in [2.05, 4.69) is 0 Å². The molecule has 0 N–H and O–H groups in total. The van der Waals surface area contributed by atoms with Crippen molar-refractivity contribution in [3.8, 4) is 0 Å². The summed E-state index contributed by atoms with van der Waals surface area (Å²) in [5.41, 5.74) is 0.366. The number of carbonyl (C=O) groups is 2. The molecule has 1 atom stereocenters. The number of Topliss-reactive ketones (excluding diaryl/α,β-unsaturated/α-hetero) is 1. The van der Waals surface area contributed by atoms with Crippen LogP contribution in [-0.4, -0.2) is 11.8 Å². The van der Waals surface area contributed by atoms with E-state index in [0.717, 1.165) is 5.56 Å². The van der Waals surface area contributed by atoms with Gasteiger partial charge in [-0.25, -0.2) is 0 Å². The smallest absolute Gasteiger partial charge is 0.313 e. The van der Waals surface area contributed by atoms with E-state index in [0.29, 0.717) is 19.3 Å². The van der Waals surface area contributed by atoms with Gasteiger partial charge in [-0.3, -0.25) is 9.59 Å². The highest BCUT2D eigenvalue weighted by atomic mass is 16.5. The minimum absolute atomic E-state index is 0.127. The maximum absolute atomic E-state index is 12.4. The Balaban J connectivity index is 2.03. The average Bonchev–Trinajstić information content (AvgIpc) is 2.81. The van der Waals surface area contributed by atoms with Gasteiger partial charge in [0, 0.05) is 12.8 Å². The maximum Gasteiger partial charge on any atom is 0.313 e. The number of ketones is 1. The first-order valence-electron chi connectivity index (χ1n) is 6.77. The third kappa shape index (κ3) is 2.86. The van der Waals surface area contributed by atoms with Crippen molar-refractivity contribution in [2.45, 2.75) is 39.7 Å². The number of rotatable bonds is 4. The van der Waals surface area contributed by atoms with Crippen molar-refractivity contribution in [3.63, 3.8) is 0 Å². The van der Waals surface area contributed by atoms with E-state index in [1.165, 1.54) is 0 Å². The van der Waals surface area contributed by atoms with E-state index >= 15 is 0 Å². The molecule has 0 aromatic heterocycles. The van der Waals surface area contributed by atoms with Crippen LogP contribution in [0.25, 0.3) is 0 Å². The van der Waals surface area contributed by atoms with E-state index in [9.17, 15) is 9.59 Å². The van der Waals surface area contributed by atoms with Crippen molar-refractivity contribution in [2.75, 3.05) is 0 Å². The van der Waals surface area contributed by atoms with E-state index in [1.807, 2.05) is 44.2 Å². The monoisotopic (exact) mass is 260 g/mol. The Morgan fingerprint density at radius 2 is 2.00 bits per heavy atom. The van der Waals surface area contributed by atoms with Gasteiger partial charge in [0.15, 0.2) is 0 Å². The van der Waals surface area contributed by atoms with Crippen LogP contribution >= 0.6 is 0 Å². The summed E-state index contributed by atoms with van der Waals surface area (Å²) in [7, 11) is 0. The summed E-state index contributed by atoms with van der Waals surface area (Å²) >= 11 is 0. The number of hydrogen-bond donors (Lipinski definition) is 0. The van der Waals surface area contributed by atoms with E-state index in [-0.39, 0.29) is 24.3 Å². The Morgan fingerprint density at radius 3 is 2.53 bits per heavy atom. The lowest BCUT2D eigenvalue weighted by Crippen LogP contribution is -2.35. The van der Waals surface area contributed by atoms with Gasteiger partial charge in [-0.05, 0) is 17.9 Å². The van der Waals surface area contributed by atoms with Crippen molar-refractivity contribution in [1.29, 1.82) is 0 Å². The summed E-state index contributed by atoms with van der Waals surface area (Å²) in [6.07, 6.45) is 1.45. The number of esters is 1. The number of carbonyl (C=O) groups excluding carboxylic acids is 2. The van der Waals surface area contributed by atoms with Crippen LogP contribution in [0.3, 0.4) is 0 Å². The van der Waals surface area contributed by atoms with Crippen LogP contribution in [0.4, 0.5) is 0 Å². The van der Waals surface area contributed by atoms with Crippen molar-refractivity contribution in [2.24, 2.45) is 11.3 Å². The molecule has 0 unspecified atom stereocenters. The first-order chi connectivity index (χ1) is 9.04. The van der Waals surface area contributed by atoms with Crippen molar-refractivity contribution >= 4 is 11.8 Å². The lowest BCUT2D eigenvalue weighted by Gasteiger charge is -2.29. The lowest BCUT2D eigenvalue weighted by atomic mass is 9.76. The fourth-order valence-electron chi connectivity index (χ4n) is 2.66. The number of hydrogen-bond acceptors (Lipinski definition) is 3. The highest BCUT2D eigenvalue weighted by Gasteiger charge is 2.48. The Hall–Kier alpha value is -1.64. The molecule has 1 aliphatic carbocycles. The molecule has 0 bridgehead atoms. The molecule has 0 aliphatic heterocycles. The van der Waals surface area contributed by atoms with Gasteiger partial charge < -0.3 is 4.74 Å². The molecule has 3 heteroatoms. The fourth-order valence-corrected chi connectivity index (χ4v) is 2.66. The van der Waals surface area contributed by atoms with Crippen molar-refractivity contribution in [3.05, 3.63) is 35.9 Å². The molecular formula is C16H20O3. The third-order valence-corrected chi connectivity index (χ3v) is 4.09. The van der Waals surface area contributed by atoms with Gasteiger partial charge in [-0.15, -0.1) is 0 Å². The molecule has 1 aliphatic rings. The SMILES string of the molecule is CC(C)[C@]1(C(=O)OCc2ccccc2)CCC(=O)C1. The molecular weight excluding hydrogens is 240 g/mol. The minimum Gasteiger partial charge on any atom is -0.460 e. The lowest BCUT2D eigenvalue weighted by molar-refractivity contribution is -0.160. The van der Waals surface area contributed by atoms with E-state index < -0.39 is 5.41 Å². The first-order valence-corrected chi connectivity index (χ1v) is 6.77. The van der Waals surface area contributed by atoms with Crippen molar-refractivity contribution in [1.82, 2.24) is 0 Å². The summed E-state index contributed by atoms with van der Waals surface area (Å²) in [4.78, 5) is 23.9. The average molecular weight is 260 g/mol. The van der Waals surface area contributed by atoms with Crippen LogP contribution < -0.4 is 0 Å². The standard InChI is InChI=1S/C16H20O3/c1-12(2)16(9-8-14(17)10-16)15(18)19-11-13-6-4-3-5-7-13/h3-7,12H,8-11H2,1-2H3/t16-/m0/s1. The Bertz CT molecular complexity index is 464. The number of ether oxygens (including phenoxy) is 1. The molecule has 1 aromatic rings. The molecule has 19 heavy (non-hydrogen) atoms. The van der Waals surface area contributed by atoms with Gasteiger partial charge in [-0.2, -0.15) is 0 Å². The minimum atomic E-state index is -0.605. The molecule has 102 valence electrons. The van der Waals surface area contributed by atoms with Gasteiger partial charge in [0.2, 0.25) is 0 Å². The van der Waals surface area contributed by atoms with Crippen LogP contribution in [0.1, 0.15) is 38.7 Å². The molecule has 0 saturated heterocycles. The van der Waals surface area contributed by atoms with Crippen LogP contribution in [0, 0.1) is 11.3 Å². The highest BCUT2D eigenvalue weighted by molar-refractivity contribution is 5.90. The molecule has 0 heterocycles.